The van der Waals surface area contributed by atoms with Crippen LogP contribution in [-0.2, 0) is 11.3 Å². The van der Waals surface area contributed by atoms with Crippen LogP contribution in [0.15, 0.2) is 12.4 Å². The second-order valence-electron chi connectivity index (χ2n) is 4.16. The summed E-state index contributed by atoms with van der Waals surface area (Å²) in [7, 11) is 0. The minimum absolute atomic E-state index is 0.283. The van der Waals surface area contributed by atoms with Crippen molar-refractivity contribution >= 4 is 28.6 Å². The Morgan fingerprint density at radius 3 is 2.89 bits per heavy atom. The quantitative estimate of drug-likeness (QED) is 0.791. The normalized spacial score (nSPS) is 10.9. The van der Waals surface area contributed by atoms with Crippen molar-refractivity contribution in [2.75, 3.05) is 6.61 Å². The van der Waals surface area contributed by atoms with Crippen molar-refractivity contribution in [1.82, 2.24) is 14.8 Å². The molecule has 6 heteroatoms. The van der Waals surface area contributed by atoms with Gasteiger partial charge in [0, 0.05) is 12.7 Å². The summed E-state index contributed by atoms with van der Waals surface area (Å²) in [5.41, 5.74) is 0.984. The molecule has 0 radical (unpaired) electrons. The molecule has 19 heavy (non-hydrogen) atoms. The second kappa shape index (κ2) is 6.02. The summed E-state index contributed by atoms with van der Waals surface area (Å²) in [6.07, 6.45) is 5.20. The maximum Gasteiger partial charge on any atom is 0.341 e. The predicted molar refractivity (Wildman–Crippen MR) is 73.4 cm³/mol. The number of carbonyl (C=O) groups excluding carboxylic acids is 1. The SMILES string of the molecule is CCCCn1ncc2c(Cl)c(C(=O)OCC)cnc21. The molecular weight excluding hydrogens is 266 g/mol. The molecule has 102 valence electrons. The van der Waals surface area contributed by atoms with Crippen LogP contribution in [0.4, 0.5) is 0 Å². The summed E-state index contributed by atoms with van der Waals surface area (Å²) in [5.74, 6) is -0.455. The maximum absolute atomic E-state index is 11.7. The summed E-state index contributed by atoms with van der Waals surface area (Å²) in [6, 6.07) is 0. The van der Waals surface area contributed by atoms with Gasteiger partial charge in [0.2, 0.25) is 0 Å². The van der Waals surface area contributed by atoms with Gasteiger partial charge in [0.15, 0.2) is 5.65 Å². The number of pyridine rings is 1. The summed E-state index contributed by atoms with van der Waals surface area (Å²) in [6.45, 7) is 4.97. The molecule has 0 atom stereocenters. The molecular formula is C13H16ClN3O2. The molecule has 5 nitrogen and oxygen atoms in total. The Labute approximate surface area is 116 Å². The zero-order chi connectivity index (χ0) is 13.8. The Balaban J connectivity index is 2.40. The fraction of sp³-hybridized carbons (Fsp3) is 0.462. The van der Waals surface area contributed by atoms with Gasteiger partial charge in [-0.1, -0.05) is 24.9 Å². The first kappa shape index (κ1) is 13.8. The van der Waals surface area contributed by atoms with E-state index in [1.165, 1.54) is 6.20 Å². The van der Waals surface area contributed by atoms with Crippen LogP contribution < -0.4 is 0 Å². The van der Waals surface area contributed by atoms with E-state index in [-0.39, 0.29) is 5.56 Å². The summed E-state index contributed by atoms with van der Waals surface area (Å²) in [5, 5.41) is 5.29. The second-order valence-corrected chi connectivity index (χ2v) is 4.54. The van der Waals surface area contributed by atoms with Gasteiger partial charge >= 0.3 is 5.97 Å². The van der Waals surface area contributed by atoms with Crippen LogP contribution in [0, 0.1) is 0 Å². The van der Waals surface area contributed by atoms with E-state index in [0.29, 0.717) is 22.7 Å². The van der Waals surface area contributed by atoms with Gasteiger partial charge in [0.05, 0.1) is 28.8 Å². The zero-order valence-corrected chi connectivity index (χ0v) is 11.8. The first-order valence-corrected chi connectivity index (χ1v) is 6.74. The highest BCUT2D eigenvalue weighted by Crippen LogP contribution is 2.26. The van der Waals surface area contributed by atoms with Gasteiger partial charge in [0.1, 0.15) is 0 Å². The van der Waals surface area contributed by atoms with Crippen LogP contribution >= 0.6 is 11.6 Å². The molecule has 0 saturated carbocycles. The number of hydrogen-bond donors (Lipinski definition) is 0. The number of carbonyl (C=O) groups is 1. The molecule has 0 aliphatic heterocycles. The van der Waals surface area contributed by atoms with Crippen LogP contribution in [0.25, 0.3) is 11.0 Å². The van der Waals surface area contributed by atoms with Gasteiger partial charge in [-0.3, -0.25) is 0 Å². The van der Waals surface area contributed by atoms with Gasteiger partial charge in [-0.2, -0.15) is 5.10 Å². The number of aryl methyl sites for hydroxylation is 1. The Hall–Kier alpha value is -1.62. The van der Waals surface area contributed by atoms with Crippen molar-refractivity contribution in [3.8, 4) is 0 Å². The molecule has 0 aliphatic rings. The van der Waals surface area contributed by atoms with E-state index in [1.807, 2.05) is 0 Å². The number of fused-ring (bicyclic) bond motifs is 1. The molecule has 0 saturated heterocycles. The number of rotatable bonds is 5. The van der Waals surface area contributed by atoms with Crippen LogP contribution in [0.3, 0.4) is 0 Å². The van der Waals surface area contributed by atoms with E-state index < -0.39 is 5.97 Å². The fourth-order valence-electron chi connectivity index (χ4n) is 1.82. The third-order valence-electron chi connectivity index (χ3n) is 2.82. The van der Waals surface area contributed by atoms with E-state index in [0.717, 1.165) is 19.4 Å². The Morgan fingerprint density at radius 2 is 2.21 bits per heavy atom. The van der Waals surface area contributed by atoms with Crippen LogP contribution in [-0.4, -0.2) is 27.3 Å². The molecule has 0 N–H and O–H groups in total. The summed E-state index contributed by atoms with van der Waals surface area (Å²) < 4.78 is 6.74. The predicted octanol–water partition coefficient (Wildman–Crippen LogP) is 3.06. The van der Waals surface area contributed by atoms with Gasteiger partial charge in [-0.05, 0) is 13.3 Å². The number of aromatic nitrogens is 3. The van der Waals surface area contributed by atoms with Gasteiger partial charge in [-0.15, -0.1) is 0 Å². The highest BCUT2D eigenvalue weighted by atomic mass is 35.5. The van der Waals surface area contributed by atoms with Gasteiger partial charge in [-0.25, -0.2) is 14.5 Å². The zero-order valence-electron chi connectivity index (χ0n) is 11.0. The smallest absolute Gasteiger partial charge is 0.341 e. The molecule has 2 aromatic heterocycles. The van der Waals surface area contributed by atoms with Gasteiger partial charge < -0.3 is 4.74 Å². The van der Waals surface area contributed by atoms with E-state index in [4.69, 9.17) is 16.3 Å². The number of nitrogens with zero attached hydrogens (tertiary/aromatic N) is 3. The van der Waals surface area contributed by atoms with Crippen molar-refractivity contribution in [3.05, 3.63) is 23.0 Å². The van der Waals surface area contributed by atoms with Crippen LogP contribution in [0.5, 0.6) is 0 Å². The number of halogens is 1. The molecule has 0 amide bonds. The standard InChI is InChI=1S/C13H16ClN3O2/c1-3-5-6-17-12-9(8-16-17)11(14)10(7-15-12)13(18)19-4-2/h7-8H,3-6H2,1-2H3. The van der Waals surface area contributed by atoms with Crippen molar-refractivity contribution in [1.29, 1.82) is 0 Å². The lowest BCUT2D eigenvalue weighted by atomic mass is 10.2. The van der Waals surface area contributed by atoms with E-state index >= 15 is 0 Å². The van der Waals surface area contributed by atoms with Crippen molar-refractivity contribution in [3.63, 3.8) is 0 Å². The number of esters is 1. The molecule has 0 unspecified atom stereocenters. The van der Waals surface area contributed by atoms with E-state index in [9.17, 15) is 4.79 Å². The lowest BCUT2D eigenvalue weighted by Gasteiger charge is -2.05. The monoisotopic (exact) mass is 281 g/mol. The molecule has 0 bridgehead atoms. The molecule has 0 aromatic carbocycles. The maximum atomic E-state index is 11.7. The largest absolute Gasteiger partial charge is 0.462 e. The number of hydrogen-bond acceptors (Lipinski definition) is 4. The summed E-state index contributed by atoms with van der Waals surface area (Å²) >= 11 is 6.23. The Morgan fingerprint density at radius 1 is 1.42 bits per heavy atom. The summed E-state index contributed by atoms with van der Waals surface area (Å²) in [4.78, 5) is 16.0. The molecule has 2 aromatic rings. The molecule has 0 spiro atoms. The average Bonchev–Trinajstić information content (AvgIpc) is 2.81. The Bertz CT molecular complexity index is 595. The Kier molecular flexibility index (Phi) is 4.37. The topological polar surface area (TPSA) is 57.0 Å². The van der Waals surface area contributed by atoms with Crippen LogP contribution in [0.2, 0.25) is 5.02 Å². The highest BCUT2D eigenvalue weighted by Gasteiger charge is 2.17. The fourth-order valence-corrected chi connectivity index (χ4v) is 2.08. The first-order valence-electron chi connectivity index (χ1n) is 6.36. The first-order chi connectivity index (χ1) is 9.19. The molecule has 2 rings (SSSR count). The number of ether oxygens (including phenoxy) is 1. The third kappa shape index (κ3) is 2.71. The van der Waals surface area contributed by atoms with Crippen molar-refractivity contribution in [2.45, 2.75) is 33.2 Å². The highest BCUT2D eigenvalue weighted by molar-refractivity contribution is 6.38. The van der Waals surface area contributed by atoms with E-state index in [1.54, 1.807) is 17.8 Å². The van der Waals surface area contributed by atoms with Crippen molar-refractivity contribution < 1.29 is 9.53 Å². The van der Waals surface area contributed by atoms with Crippen molar-refractivity contribution in [2.24, 2.45) is 0 Å². The minimum Gasteiger partial charge on any atom is -0.462 e. The lowest BCUT2D eigenvalue weighted by molar-refractivity contribution is 0.0526. The molecule has 2 heterocycles. The van der Waals surface area contributed by atoms with Gasteiger partial charge in [0.25, 0.3) is 0 Å². The third-order valence-corrected chi connectivity index (χ3v) is 3.23. The number of unbranched alkanes of at least 4 members (excludes halogenated alkanes) is 1. The molecule has 0 fully saturated rings. The minimum atomic E-state index is -0.455. The average molecular weight is 282 g/mol. The lowest BCUT2D eigenvalue weighted by Crippen LogP contribution is -2.07. The van der Waals surface area contributed by atoms with E-state index in [2.05, 4.69) is 17.0 Å². The van der Waals surface area contributed by atoms with Crippen LogP contribution in [0.1, 0.15) is 37.0 Å². The molecule has 0 aliphatic carbocycles.